The molecule has 1 rings (SSSR count). The van der Waals surface area contributed by atoms with Crippen LogP contribution in [-0.2, 0) is 4.74 Å². The lowest BCUT2D eigenvalue weighted by Gasteiger charge is -2.03. The summed E-state index contributed by atoms with van der Waals surface area (Å²) in [6.45, 7) is 3.07. The topological polar surface area (TPSA) is 21.3 Å². The first-order valence-electron chi connectivity index (χ1n) is 3.01. The van der Waals surface area contributed by atoms with E-state index in [1.807, 2.05) is 0 Å². The Morgan fingerprint density at radius 1 is 1.75 bits per heavy atom. The van der Waals surface area contributed by atoms with Gasteiger partial charge in [0.05, 0.1) is 13.7 Å². The van der Waals surface area contributed by atoms with E-state index in [1.54, 1.807) is 0 Å². The van der Waals surface area contributed by atoms with E-state index in [1.165, 1.54) is 6.42 Å². The summed E-state index contributed by atoms with van der Waals surface area (Å²) in [4.78, 5) is 0. The molecule has 1 unspecified atom stereocenters. The van der Waals surface area contributed by atoms with Crippen LogP contribution in [0, 0.1) is 13.0 Å². The van der Waals surface area contributed by atoms with Crippen molar-refractivity contribution in [3.8, 4) is 0 Å². The normalized spacial score (nSPS) is 28.9. The van der Waals surface area contributed by atoms with Gasteiger partial charge in [-0.25, -0.2) is 0 Å². The minimum absolute atomic E-state index is 0.715. The number of ether oxygens (including phenoxy) is 1. The summed E-state index contributed by atoms with van der Waals surface area (Å²) < 4.78 is 4.74. The average molecular weight is 114 g/mol. The first-order valence-corrected chi connectivity index (χ1v) is 3.01. The lowest BCUT2D eigenvalue weighted by Crippen LogP contribution is -2.12. The molecule has 0 aromatic rings. The monoisotopic (exact) mass is 114 g/mol. The third-order valence-corrected chi connectivity index (χ3v) is 1.52. The second-order valence-electron chi connectivity index (χ2n) is 2.23. The lowest BCUT2D eigenvalue weighted by atomic mass is 10.1. The summed E-state index contributed by atoms with van der Waals surface area (Å²) >= 11 is 0. The van der Waals surface area contributed by atoms with Gasteiger partial charge in [0.1, 0.15) is 0 Å². The number of nitrogens with one attached hydrogen (secondary N) is 1. The van der Waals surface area contributed by atoms with Crippen molar-refractivity contribution in [3.05, 3.63) is 7.11 Å². The first kappa shape index (κ1) is 6.05. The predicted octanol–water partition coefficient (Wildman–Crippen LogP) is 0.404. The quantitative estimate of drug-likeness (QED) is 0.561. The van der Waals surface area contributed by atoms with Crippen molar-refractivity contribution >= 4 is 0 Å². The van der Waals surface area contributed by atoms with Gasteiger partial charge >= 0.3 is 0 Å². The summed E-state index contributed by atoms with van der Waals surface area (Å²) in [6.07, 6.45) is 1.25. The largest absolute Gasteiger partial charge is 0.379 e. The van der Waals surface area contributed by atoms with Gasteiger partial charge in [-0.1, -0.05) is 0 Å². The highest BCUT2D eigenvalue weighted by Crippen LogP contribution is 2.06. The Hall–Kier alpha value is -0.0800. The van der Waals surface area contributed by atoms with E-state index >= 15 is 0 Å². The maximum absolute atomic E-state index is 4.74. The Kier molecular flexibility index (Phi) is 2.30. The molecule has 1 fully saturated rings. The zero-order chi connectivity index (χ0) is 5.82. The molecule has 2 heteroatoms. The van der Waals surface area contributed by atoms with Crippen LogP contribution in [0.5, 0.6) is 0 Å². The third-order valence-electron chi connectivity index (χ3n) is 1.52. The van der Waals surface area contributed by atoms with Crippen LogP contribution >= 0.6 is 0 Å². The van der Waals surface area contributed by atoms with Crippen molar-refractivity contribution in [3.63, 3.8) is 0 Å². The van der Waals surface area contributed by atoms with Crippen LogP contribution in [-0.4, -0.2) is 19.7 Å². The Balaban J connectivity index is 2.06. The summed E-state index contributed by atoms with van der Waals surface area (Å²) in [7, 11) is 3.32. The van der Waals surface area contributed by atoms with Gasteiger partial charge in [-0.05, 0) is 18.9 Å². The van der Waals surface area contributed by atoms with Crippen molar-refractivity contribution in [2.24, 2.45) is 5.92 Å². The second-order valence-corrected chi connectivity index (χ2v) is 2.23. The molecule has 0 spiro atoms. The first-order chi connectivity index (χ1) is 3.93. The highest BCUT2D eigenvalue weighted by molar-refractivity contribution is 4.69. The fourth-order valence-electron chi connectivity index (χ4n) is 1.02. The van der Waals surface area contributed by atoms with E-state index < -0.39 is 0 Å². The number of hydrogen-bond acceptors (Lipinski definition) is 2. The van der Waals surface area contributed by atoms with Crippen LogP contribution in [0.2, 0.25) is 0 Å². The van der Waals surface area contributed by atoms with Crippen LogP contribution < -0.4 is 5.32 Å². The van der Waals surface area contributed by atoms with Crippen LogP contribution in [0.4, 0.5) is 0 Å². The number of hydrogen-bond donors (Lipinski definition) is 1. The van der Waals surface area contributed by atoms with Gasteiger partial charge in [0, 0.05) is 6.54 Å². The second kappa shape index (κ2) is 3.05. The Bertz CT molecular complexity index is 59.5. The van der Waals surface area contributed by atoms with E-state index in [0.717, 1.165) is 19.7 Å². The standard InChI is InChI=1S/C6H12NO/c1-8-5-6-2-3-7-4-6/h6-7H,1-5H2. The highest BCUT2D eigenvalue weighted by Gasteiger charge is 2.12. The summed E-state index contributed by atoms with van der Waals surface area (Å²) in [5.41, 5.74) is 0. The van der Waals surface area contributed by atoms with Crippen molar-refractivity contribution < 1.29 is 4.74 Å². The molecule has 0 aromatic heterocycles. The van der Waals surface area contributed by atoms with Crippen molar-refractivity contribution in [2.45, 2.75) is 6.42 Å². The lowest BCUT2D eigenvalue weighted by molar-refractivity contribution is 0.197. The van der Waals surface area contributed by atoms with Crippen molar-refractivity contribution in [2.75, 3.05) is 19.7 Å². The Morgan fingerprint density at radius 2 is 2.62 bits per heavy atom. The molecule has 0 bridgehead atoms. The summed E-state index contributed by atoms with van der Waals surface area (Å²) in [5.74, 6) is 0.715. The molecule has 1 N–H and O–H groups in total. The zero-order valence-electron chi connectivity index (χ0n) is 5.02. The molecule has 1 radical (unpaired) electrons. The SMILES string of the molecule is [CH2]OCC1CCNC1. The van der Waals surface area contributed by atoms with Gasteiger partial charge < -0.3 is 10.1 Å². The molecule has 1 aliphatic rings. The maximum atomic E-state index is 4.74. The van der Waals surface area contributed by atoms with E-state index in [9.17, 15) is 0 Å². The van der Waals surface area contributed by atoms with Crippen LogP contribution in [0.1, 0.15) is 6.42 Å². The minimum Gasteiger partial charge on any atom is -0.379 e. The molecule has 8 heavy (non-hydrogen) atoms. The van der Waals surface area contributed by atoms with E-state index in [0.29, 0.717) is 5.92 Å². The zero-order valence-corrected chi connectivity index (χ0v) is 5.02. The smallest absolute Gasteiger partial charge is 0.0700 e. The van der Waals surface area contributed by atoms with Crippen LogP contribution in [0.25, 0.3) is 0 Å². The van der Waals surface area contributed by atoms with Gasteiger partial charge in [-0.2, -0.15) is 0 Å². The third kappa shape index (κ3) is 1.46. The molecule has 0 amide bonds. The van der Waals surface area contributed by atoms with E-state index in [4.69, 9.17) is 4.74 Å². The number of rotatable bonds is 2. The molecule has 0 saturated carbocycles. The minimum atomic E-state index is 0.715. The van der Waals surface area contributed by atoms with Gasteiger partial charge in [0.25, 0.3) is 0 Å². The fraction of sp³-hybridized carbons (Fsp3) is 0.833. The van der Waals surface area contributed by atoms with Crippen LogP contribution in [0.3, 0.4) is 0 Å². The summed E-state index contributed by atoms with van der Waals surface area (Å²) in [6, 6.07) is 0. The molecule has 1 atom stereocenters. The average Bonchev–Trinajstić information content (AvgIpc) is 2.19. The summed E-state index contributed by atoms with van der Waals surface area (Å²) in [5, 5.41) is 3.25. The molecule has 1 aliphatic heterocycles. The maximum Gasteiger partial charge on any atom is 0.0700 e. The van der Waals surface area contributed by atoms with Crippen LogP contribution in [0.15, 0.2) is 0 Å². The molecular formula is C6H12NO. The van der Waals surface area contributed by atoms with Crippen molar-refractivity contribution in [1.82, 2.24) is 5.32 Å². The van der Waals surface area contributed by atoms with Gasteiger partial charge in [0.15, 0.2) is 0 Å². The molecule has 47 valence electrons. The molecule has 0 aromatic carbocycles. The fourth-order valence-corrected chi connectivity index (χ4v) is 1.02. The molecule has 2 nitrogen and oxygen atoms in total. The predicted molar refractivity (Wildman–Crippen MR) is 32.3 cm³/mol. The van der Waals surface area contributed by atoms with Gasteiger partial charge in [-0.15, -0.1) is 0 Å². The van der Waals surface area contributed by atoms with E-state index in [2.05, 4.69) is 12.4 Å². The Morgan fingerprint density at radius 3 is 3.12 bits per heavy atom. The molecule has 1 heterocycles. The Labute approximate surface area is 50.2 Å². The van der Waals surface area contributed by atoms with Gasteiger partial charge in [0.2, 0.25) is 0 Å². The molecular weight excluding hydrogens is 102 g/mol. The van der Waals surface area contributed by atoms with Gasteiger partial charge in [-0.3, -0.25) is 0 Å². The van der Waals surface area contributed by atoms with E-state index in [-0.39, 0.29) is 0 Å². The molecule has 0 aliphatic carbocycles. The van der Waals surface area contributed by atoms with Crippen molar-refractivity contribution in [1.29, 1.82) is 0 Å². The molecule has 1 saturated heterocycles. The highest BCUT2D eigenvalue weighted by atomic mass is 16.5.